The van der Waals surface area contributed by atoms with Crippen LogP contribution in [0.4, 0.5) is 0 Å². The zero-order valence-electron chi connectivity index (χ0n) is 9.68. The molecule has 0 saturated carbocycles. The lowest BCUT2D eigenvalue weighted by Gasteiger charge is -2.19. The molecule has 1 fully saturated rings. The fourth-order valence-corrected chi connectivity index (χ4v) is 3.25. The largest absolute Gasteiger partial charge is 0.396 e. The van der Waals surface area contributed by atoms with Crippen LogP contribution in [0, 0.1) is 5.92 Å². The summed E-state index contributed by atoms with van der Waals surface area (Å²) >= 11 is 0. The minimum atomic E-state index is -3.21. The Kier molecular flexibility index (Phi) is 5.68. The number of nitrogens with one attached hydrogen (secondary N) is 1. The number of aliphatic hydroxyl groups excluding tert-OH is 1. The summed E-state index contributed by atoms with van der Waals surface area (Å²) in [5.74, 6) is 0.374. The highest BCUT2D eigenvalue weighted by Crippen LogP contribution is 2.17. The van der Waals surface area contributed by atoms with Gasteiger partial charge in [0, 0.05) is 25.2 Å². The summed E-state index contributed by atoms with van der Waals surface area (Å²) in [5.41, 5.74) is 0. The molecular formula is C10H21NO4S. The van der Waals surface area contributed by atoms with Crippen molar-refractivity contribution in [2.45, 2.75) is 32.2 Å². The highest BCUT2D eigenvalue weighted by atomic mass is 32.2. The smallest absolute Gasteiger partial charge is 0.211 e. The van der Waals surface area contributed by atoms with Crippen LogP contribution >= 0.6 is 0 Å². The van der Waals surface area contributed by atoms with E-state index in [1.165, 1.54) is 0 Å². The van der Waals surface area contributed by atoms with Gasteiger partial charge in [-0.2, -0.15) is 0 Å². The van der Waals surface area contributed by atoms with Crippen molar-refractivity contribution in [1.82, 2.24) is 4.72 Å². The molecule has 2 N–H and O–H groups in total. The van der Waals surface area contributed by atoms with Gasteiger partial charge in [0.25, 0.3) is 0 Å². The summed E-state index contributed by atoms with van der Waals surface area (Å²) in [7, 11) is -3.21. The number of rotatable bonds is 7. The molecule has 2 atom stereocenters. The number of ether oxygens (including phenoxy) is 1. The SMILES string of the molecule is CC(NS(=O)(=O)CCCCO)C1CCOC1. The van der Waals surface area contributed by atoms with Gasteiger partial charge in [0.15, 0.2) is 0 Å². The average molecular weight is 251 g/mol. The normalized spacial score (nSPS) is 23.5. The summed E-state index contributed by atoms with van der Waals surface area (Å²) < 4.78 is 31.2. The van der Waals surface area contributed by atoms with Crippen molar-refractivity contribution < 1.29 is 18.3 Å². The van der Waals surface area contributed by atoms with E-state index in [2.05, 4.69) is 4.72 Å². The highest BCUT2D eigenvalue weighted by Gasteiger charge is 2.25. The third kappa shape index (κ3) is 4.78. The van der Waals surface area contributed by atoms with Crippen LogP contribution in [0.2, 0.25) is 0 Å². The van der Waals surface area contributed by atoms with Gasteiger partial charge in [0.05, 0.1) is 12.4 Å². The number of sulfonamides is 1. The van der Waals surface area contributed by atoms with E-state index in [1.807, 2.05) is 6.92 Å². The Hall–Kier alpha value is -0.170. The standard InChI is InChI=1S/C10H21NO4S/c1-9(10-4-6-15-8-10)11-16(13,14)7-3-2-5-12/h9-12H,2-8H2,1H3. The van der Waals surface area contributed by atoms with E-state index in [4.69, 9.17) is 9.84 Å². The first-order valence-corrected chi connectivity index (χ1v) is 7.39. The summed E-state index contributed by atoms with van der Waals surface area (Å²) in [5, 5.41) is 8.59. The molecule has 0 spiro atoms. The van der Waals surface area contributed by atoms with Gasteiger partial charge in [-0.3, -0.25) is 0 Å². The van der Waals surface area contributed by atoms with Crippen LogP contribution in [-0.4, -0.2) is 45.1 Å². The number of unbranched alkanes of at least 4 members (excludes halogenated alkanes) is 1. The van der Waals surface area contributed by atoms with Crippen molar-refractivity contribution in [3.63, 3.8) is 0 Å². The molecule has 5 nitrogen and oxygen atoms in total. The lowest BCUT2D eigenvalue weighted by molar-refractivity contribution is 0.180. The Labute approximate surface area is 97.2 Å². The van der Waals surface area contributed by atoms with Gasteiger partial charge >= 0.3 is 0 Å². The fourth-order valence-electron chi connectivity index (χ4n) is 1.79. The third-order valence-electron chi connectivity index (χ3n) is 2.86. The number of hydrogen-bond acceptors (Lipinski definition) is 4. The maximum atomic E-state index is 11.6. The van der Waals surface area contributed by atoms with Gasteiger partial charge in [-0.15, -0.1) is 0 Å². The summed E-state index contributed by atoms with van der Waals surface area (Å²) in [6, 6.07) is -0.0679. The van der Waals surface area contributed by atoms with Crippen molar-refractivity contribution in [1.29, 1.82) is 0 Å². The van der Waals surface area contributed by atoms with Crippen molar-refractivity contribution in [3.05, 3.63) is 0 Å². The molecule has 0 aromatic carbocycles. The van der Waals surface area contributed by atoms with E-state index in [-0.39, 0.29) is 24.3 Å². The first-order valence-electron chi connectivity index (χ1n) is 5.74. The van der Waals surface area contributed by atoms with Crippen LogP contribution in [0.25, 0.3) is 0 Å². The zero-order valence-corrected chi connectivity index (χ0v) is 10.5. The second-order valence-corrected chi connectivity index (χ2v) is 6.15. The first kappa shape index (κ1) is 13.9. The average Bonchev–Trinajstić information content (AvgIpc) is 2.69. The molecule has 0 radical (unpaired) electrons. The molecule has 96 valence electrons. The summed E-state index contributed by atoms with van der Waals surface area (Å²) in [6.45, 7) is 3.28. The Balaban J connectivity index is 2.33. The van der Waals surface area contributed by atoms with Crippen LogP contribution in [0.3, 0.4) is 0 Å². The zero-order chi connectivity index (χ0) is 12.0. The van der Waals surface area contributed by atoms with Gasteiger partial charge in [-0.1, -0.05) is 0 Å². The summed E-state index contributed by atoms with van der Waals surface area (Å²) in [4.78, 5) is 0. The molecule has 16 heavy (non-hydrogen) atoms. The molecule has 1 aliphatic heterocycles. The lowest BCUT2D eigenvalue weighted by atomic mass is 10.0. The Morgan fingerprint density at radius 2 is 2.25 bits per heavy atom. The Morgan fingerprint density at radius 3 is 2.81 bits per heavy atom. The van der Waals surface area contributed by atoms with Crippen LogP contribution in [0.15, 0.2) is 0 Å². The quantitative estimate of drug-likeness (QED) is 0.629. The van der Waals surface area contributed by atoms with Crippen molar-refractivity contribution >= 4 is 10.0 Å². The molecule has 1 aliphatic rings. The molecule has 0 bridgehead atoms. The third-order valence-corrected chi connectivity index (χ3v) is 4.42. The topological polar surface area (TPSA) is 75.6 Å². The molecule has 0 aromatic rings. The molecule has 6 heteroatoms. The van der Waals surface area contributed by atoms with Crippen LogP contribution < -0.4 is 4.72 Å². The van der Waals surface area contributed by atoms with Crippen LogP contribution in [-0.2, 0) is 14.8 Å². The van der Waals surface area contributed by atoms with Crippen LogP contribution in [0.1, 0.15) is 26.2 Å². The van der Waals surface area contributed by atoms with E-state index in [9.17, 15) is 8.42 Å². The monoisotopic (exact) mass is 251 g/mol. The maximum absolute atomic E-state index is 11.6. The molecule has 1 saturated heterocycles. The van der Waals surface area contributed by atoms with Gasteiger partial charge < -0.3 is 9.84 Å². The van der Waals surface area contributed by atoms with Gasteiger partial charge in [-0.25, -0.2) is 13.1 Å². The summed E-state index contributed by atoms with van der Waals surface area (Å²) in [6.07, 6.45) is 1.95. The first-order chi connectivity index (χ1) is 7.55. The van der Waals surface area contributed by atoms with E-state index in [0.717, 1.165) is 13.0 Å². The van der Waals surface area contributed by atoms with E-state index in [1.54, 1.807) is 0 Å². The van der Waals surface area contributed by atoms with Gasteiger partial charge in [0.2, 0.25) is 10.0 Å². The highest BCUT2D eigenvalue weighted by molar-refractivity contribution is 7.89. The van der Waals surface area contributed by atoms with E-state index < -0.39 is 10.0 Å². The Morgan fingerprint density at radius 1 is 1.50 bits per heavy atom. The second-order valence-electron chi connectivity index (χ2n) is 4.28. The van der Waals surface area contributed by atoms with Gasteiger partial charge in [-0.05, 0) is 26.2 Å². The molecular weight excluding hydrogens is 230 g/mol. The molecule has 0 aliphatic carbocycles. The van der Waals surface area contributed by atoms with E-state index in [0.29, 0.717) is 19.4 Å². The van der Waals surface area contributed by atoms with Crippen molar-refractivity contribution in [2.75, 3.05) is 25.6 Å². The molecule has 2 unspecified atom stereocenters. The lowest BCUT2D eigenvalue weighted by Crippen LogP contribution is -2.39. The molecule has 1 rings (SSSR count). The maximum Gasteiger partial charge on any atom is 0.211 e. The second kappa shape index (κ2) is 6.54. The van der Waals surface area contributed by atoms with E-state index >= 15 is 0 Å². The van der Waals surface area contributed by atoms with Crippen molar-refractivity contribution in [3.8, 4) is 0 Å². The molecule has 1 heterocycles. The Bertz CT molecular complexity index is 285. The molecule has 0 aromatic heterocycles. The number of aliphatic hydroxyl groups is 1. The predicted molar refractivity (Wildman–Crippen MR) is 61.6 cm³/mol. The predicted octanol–water partition coefficient (Wildman–Crippen LogP) is 0.103. The van der Waals surface area contributed by atoms with Crippen LogP contribution in [0.5, 0.6) is 0 Å². The minimum absolute atomic E-state index is 0.0432. The minimum Gasteiger partial charge on any atom is -0.396 e. The molecule has 0 amide bonds. The number of hydrogen-bond donors (Lipinski definition) is 2. The fraction of sp³-hybridized carbons (Fsp3) is 1.00. The van der Waals surface area contributed by atoms with Crippen molar-refractivity contribution in [2.24, 2.45) is 5.92 Å². The van der Waals surface area contributed by atoms with Gasteiger partial charge in [0.1, 0.15) is 0 Å².